The first-order valence-electron chi connectivity index (χ1n) is 5.14. The molecule has 0 spiro atoms. The maximum absolute atomic E-state index is 11.2. The highest BCUT2D eigenvalue weighted by atomic mass is 16.1. The molecule has 1 aromatic heterocycles. The van der Waals surface area contributed by atoms with Crippen LogP contribution in [0.2, 0.25) is 0 Å². The molecule has 2 N–H and O–H groups in total. The van der Waals surface area contributed by atoms with Crippen molar-refractivity contribution in [3.05, 3.63) is 18.5 Å². The Morgan fingerprint density at radius 2 is 2.38 bits per heavy atom. The summed E-state index contributed by atoms with van der Waals surface area (Å²) in [6.07, 6.45) is 3.93. The Morgan fingerprint density at radius 3 is 3.06 bits per heavy atom. The molecule has 0 fully saturated rings. The standard InChI is InChI=1S/C10H15N5O/c11-3-1-4-13-10(16)9-12-6-8-15-7-2-5-14-15/h2,5,7,12H,1,4,6,8-9H2,(H,13,16). The zero-order valence-corrected chi connectivity index (χ0v) is 9.02. The van der Waals surface area contributed by atoms with Crippen molar-refractivity contribution < 1.29 is 4.79 Å². The summed E-state index contributed by atoms with van der Waals surface area (Å²) in [5.74, 6) is -0.0873. The third-order valence-electron chi connectivity index (χ3n) is 1.92. The van der Waals surface area contributed by atoms with Crippen molar-refractivity contribution in [1.29, 1.82) is 5.26 Å². The number of nitrogens with one attached hydrogen (secondary N) is 2. The number of aromatic nitrogens is 2. The van der Waals surface area contributed by atoms with Gasteiger partial charge in [-0.05, 0) is 6.07 Å². The number of carbonyl (C=O) groups excluding carboxylic acids is 1. The molecule has 0 bridgehead atoms. The van der Waals surface area contributed by atoms with Crippen molar-refractivity contribution in [2.75, 3.05) is 19.6 Å². The molecule has 0 saturated heterocycles. The quantitative estimate of drug-likeness (QED) is 0.608. The fraction of sp³-hybridized carbons (Fsp3) is 0.500. The summed E-state index contributed by atoms with van der Waals surface area (Å²) in [4.78, 5) is 11.2. The van der Waals surface area contributed by atoms with Crippen LogP contribution in [0.3, 0.4) is 0 Å². The molecule has 86 valence electrons. The summed E-state index contributed by atoms with van der Waals surface area (Å²) in [5.41, 5.74) is 0. The number of amides is 1. The van der Waals surface area contributed by atoms with Crippen LogP contribution >= 0.6 is 0 Å². The number of rotatable bonds is 7. The molecule has 1 rings (SSSR count). The zero-order chi connectivity index (χ0) is 11.6. The van der Waals surface area contributed by atoms with Gasteiger partial charge in [0.25, 0.3) is 0 Å². The summed E-state index contributed by atoms with van der Waals surface area (Å²) in [7, 11) is 0. The van der Waals surface area contributed by atoms with Gasteiger partial charge in [0.2, 0.25) is 5.91 Å². The van der Waals surface area contributed by atoms with Gasteiger partial charge in [-0.2, -0.15) is 10.4 Å². The van der Waals surface area contributed by atoms with Crippen LogP contribution in [0.4, 0.5) is 0 Å². The Balaban J connectivity index is 1.98. The molecule has 0 radical (unpaired) electrons. The maximum atomic E-state index is 11.2. The smallest absolute Gasteiger partial charge is 0.233 e. The summed E-state index contributed by atoms with van der Waals surface area (Å²) < 4.78 is 1.79. The third-order valence-corrected chi connectivity index (χ3v) is 1.92. The van der Waals surface area contributed by atoms with Crippen LogP contribution in [0, 0.1) is 11.3 Å². The maximum Gasteiger partial charge on any atom is 0.233 e. The van der Waals surface area contributed by atoms with Gasteiger partial charge in [-0.15, -0.1) is 0 Å². The van der Waals surface area contributed by atoms with E-state index in [1.807, 2.05) is 18.3 Å². The SMILES string of the molecule is N#CCCNC(=O)CNCCn1cccn1. The van der Waals surface area contributed by atoms with Gasteiger partial charge < -0.3 is 10.6 Å². The topological polar surface area (TPSA) is 82.7 Å². The van der Waals surface area contributed by atoms with Crippen LogP contribution in [0.5, 0.6) is 0 Å². The van der Waals surface area contributed by atoms with Crippen molar-refractivity contribution in [2.24, 2.45) is 0 Å². The van der Waals surface area contributed by atoms with Crippen LogP contribution < -0.4 is 10.6 Å². The largest absolute Gasteiger partial charge is 0.354 e. The fourth-order valence-electron chi connectivity index (χ4n) is 1.15. The van der Waals surface area contributed by atoms with E-state index >= 15 is 0 Å². The predicted molar refractivity (Wildman–Crippen MR) is 58.3 cm³/mol. The summed E-state index contributed by atoms with van der Waals surface area (Å²) in [6, 6.07) is 3.82. The van der Waals surface area contributed by atoms with Gasteiger partial charge in [-0.25, -0.2) is 0 Å². The van der Waals surface area contributed by atoms with E-state index in [2.05, 4.69) is 15.7 Å². The Bertz CT molecular complexity index is 341. The molecule has 6 heteroatoms. The second kappa shape index (κ2) is 7.43. The van der Waals surface area contributed by atoms with Crippen molar-refractivity contribution in [3.63, 3.8) is 0 Å². The van der Waals surface area contributed by atoms with Crippen LogP contribution in [-0.4, -0.2) is 35.3 Å². The lowest BCUT2D eigenvalue weighted by Crippen LogP contribution is -2.35. The van der Waals surface area contributed by atoms with Crippen molar-refractivity contribution >= 4 is 5.91 Å². The number of hydrogen-bond acceptors (Lipinski definition) is 4. The molecule has 0 atom stereocenters. The molecule has 16 heavy (non-hydrogen) atoms. The molecule has 0 aliphatic heterocycles. The lowest BCUT2D eigenvalue weighted by molar-refractivity contribution is -0.120. The third kappa shape index (κ3) is 5.12. The van der Waals surface area contributed by atoms with Gasteiger partial charge in [0.1, 0.15) is 0 Å². The van der Waals surface area contributed by atoms with E-state index in [-0.39, 0.29) is 12.5 Å². The van der Waals surface area contributed by atoms with Gasteiger partial charge in [0.15, 0.2) is 0 Å². The van der Waals surface area contributed by atoms with Gasteiger partial charge in [-0.3, -0.25) is 9.48 Å². The van der Waals surface area contributed by atoms with Gasteiger partial charge in [0.05, 0.1) is 25.6 Å². The first-order valence-corrected chi connectivity index (χ1v) is 5.14. The van der Waals surface area contributed by atoms with Crippen LogP contribution in [-0.2, 0) is 11.3 Å². The van der Waals surface area contributed by atoms with Crippen LogP contribution in [0.25, 0.3) is 0 Å². The average molecular weight is 221 g/mol. The van der Waals surface area contributed by atoms with E-state index in [1.165, 1.54) is 0 Å². The molecule has 0 saturated carbocycles. The fourth-order valence-corrected chi connectivity index (χ4v) is 1.15. The highest BCUT2D eigenvalue weighted by Crippen LogP contribution is 1.82. The highest BCUT2D eigenvalue weighted by Gasteiger charge is 1.98. The summed E-state index contributed by atoms with van der Waals surface area (Å²) >= 11 is 0. The Labute approximate surface area is 94.2 Å². The Hall–Kier alpha value is -1.87. The summed E-state index contributed by atoms with van der Waals surface area (Å²) in [6.45, 7) is 2.11. The number of nitrogens with zero attached hydrogens (tertiary/aromatic N) is 3. The van der Waals surface area contributed by atoms with E-state index in [0.717, 1.165) is 6.54 Å². The number of hydrogen-bond donors (Lipinski definition) is 2. The molecule has 1 heterocycles. The second-order valence-electron chi connectivity index (χ2n) is 3.20. The van der Waals surface area contributed by atoms with Gasteiger partial charge in [-0.1, -0.05) is 0 Å². The highest BCUT2D eigenvalue weighted by molar-refractivity contribution is 5.77. The van der Waals surface area contributed by atoms with Gasteiger partial charge in [0, 0.05) is 25.5 Å². The zero-order valence-electron chi connectivity index (χ0n) is 9.02. The van der Waals surface area contributed by atoms with Crippen molar-refractivity contribution in [1.82, 2.24) is 20.4 Å². The Morgan fingerprint density at radius 1 is 1.50 bits per heavy atom. The number of carbonyl (C=O) groups is 1. The lowest BCUT2D eigenvalue weighted by Gasteiger charge is -2.05. The van der Waals surface area contributed by atoms with E-state index < -0.39 is 0 Å². The van der Waals surface area contributed by atoms with Gasteiger partial charge >= 0.3 is 0 Å². The summed E-state index contributed by atoms with van der Waals surface area (Å²) in [5, 5.41) is 17.9. The molecular formula is C10H15N5O. The minimum atomic E-state index is -0.0873. The van der Waals surface area contributed by atoms with E-state index in [4.69, 9.17) is 5.26 Å². The van der Waals surface area contributed by atoms with Crippen LogP contribution in [0.1, 0.15) is 6.42 Å². The Kier molecular flexibility index (Phi) is 5.66. The first kappa shape index (κ1) is 12.2. The molecule has 1 amide bonds. The minimum Gasteiger partial charge on any atom is -0.354 e. The molecule has 0 aliphatic rings. The minimum absolute atomic E-state index is 0.0873. The molecule has 0 aromatic carbocycles. The predicted octanol–water partition coefficient (Wildman–Crippen LogP) is -0.497. The first-order chi connectivity index (χ1) is 7.83. The van der Waals surface area contributed by atoms with E-state index in [0.29, 0.717) is 19.5 Å². The van der Waals surface area contributed by atoms with E-state index in [1.54, 1.807) is 10.9 Å². The molecule has 1 aromatic rings. The second-order valence-corrected chi connectivity index (χ2v) is 3.20. The van der Waals surface area contributed by atoms with Crippen molar-refractivity contribution in [3.8, 4) is 6.07 Å². The molecule has 0 aliphatic carbocycles. The normalized spacial score (nSPS) is 9.69. The molecular weight excluding hydrogens is 206 g/mol. The molecule has 6 nitrogen and oxygen atoms in total. The average Bonchev–Trinajstić information content (AvgIpc) is 2.78. The molecule has 0 unspecified atom stereocenters. The van der Waals surface area contributed by atoms with E-state index in [9.17, 15) is 4.79 Å². The van der Waals surface area contributed by atoms with Crippen LogP contribution in [0.15, 0.2) is 18.5 Å². The van der Waals surface area contributed by atoms with Crippen molar-refractivity contribution in [2.45, 2.75) is 13.0 Å². The monoisotopic (exact) mass is 221 g/mol. The lowest BCUT2D eigenvalue weighted by atomic mass is 10.4. The number of nitriles is 1.